The van der Waals surface area contributed by atoms with Gasteiger partial charge in [0, 0.05) is 10.5 Å². The summed E-state index contributed by atoms with van der Waals surface area (Å²) in [6.45, 7) is 1.55. The number of benzene rings is 1. The third-order valence-corrected chi connectivity index (χ3v) is 2.53. The number of rotatable bonds is 4. The molecule has 5 nitrogen and oxygen atoms in total. The predicted molar refractivity (Wildman–Crippen MR) is 68.0 cm³/mol. The largest absolute Gasteiger partial charge is 0.481 e. The van der Waals surface area contributed by atoms with Gasteiger partial charge in [0.1, 0.15) is 5.82 Å². The van der Waals surface area contributed by atoms with Crippen LogP contribution in [0.1, 0.15) is 13.3 Å². The Bertz CT molecular complexity index is 468. The van der Waals surface area contributed by atoms with Gasteiger partial charge in [-0.05, 0) is 25.1 Å². The normalized spacial score (nSPS) is 11.7. The number of halogens is 2. The summed E-state index contributed by atoms with van der Waals surface area (Å²) in [6, 6.07) is 2.93. The number of amides is 2. The molecule has 2 amide bonds. The van der Waals surface area contributed by atoms with E-state index in [-0.39, 0.29) is 12.1 Å². The van der Waals surface area contributed by atoms with E-state index in [9.17, 15) is 14.0 Å². The van der Waals surface area contributed by atoms with Crippen molar-refractivity contribution in [3.05, 3.63) is 28.5 Å². The molecule has 3 N–H and O–H groups in total. The molecule has 7 heteroatoms. The van der Waals surface area contributed by atoms with E-state index in [1.54, 1.807) is 6.92 Å². The fourth-order valence-corrected chi connectivity index (χ4v) is 1.65. The van der Waals surface area contributed by atoms with Gasteiger partial charge in [0.05, 0.1) is 12.1 Å². The maximum Gasteiger partial charge on any atom is 0.319 e. The molecular formula is C11H12BrFN2O3. The summed E-state index contributed by atoms with van der Waals surface area (Å²) in [5.41, 5.74) is 0.0180. The summed E-state index contributed by atoms with van der Waals surface area (Å²) in [4.78, 5) is 21.9. The van der Waals surface area contributed by atoms with Crippen molar-refractivity contribution in [1.82, 2.24) is 5.32 Å². The van der Waals surface area contributed by atoms with Gasteiger partial charge in [-0.15, -0.1) is 0 Å². The molecular weight excluding hydrogens is 307 g/mol. The first kappa shape index (κ1) is 14.4. The fraction of sp³-hybridized carbons (Fsp3) is 0.273. The Morgan fingerprint density at radius 1 is 1.50 bits per heavy atom. The number of carbonyl (C=O) groups excluding carboxylic acids is 1. The van der Waals surface area contributed by atoms with Crippen LogP contribution in [-0.4, -0.2) is 23.1 Å². The van der Waals surface area contributed by atoms with E-state index in [0.717, 1.165) is 0 Å². The fourth-order valence-electron chi connectivity index (χ4n) is 1.29. The lowest BCUT2D eigenvalue weighted by atomic mass is 10.2. The van der Waals surface area contributed by atoms with Crippen LogP contribution in [0, 0.1) is 5.82 Å². The van der Waals surface area contributed by atoms with Crippen LogP contribution in [0.2, 0.25) is 0 Å². The SMILES string of the molecule is CC(CC(=O)O)NC(=O)Nc1cc(Br)ccc1F. The minimum atomic E-state index is -1.02. The van der Waals surface area contributed by atoms with Crippen LogP contribution in [0.25, 0.3) is 0 Å². The third-order valence-electron chi connectivity index (χ3n) is 2.03. The van der Waals surface area contributed by atoms with Gasteiger partial charge < -0.3 is 15.7 Å². The monoisotopic (exact) mass is 318 g/mol. The van der Waals surface area contributed by atoms with Crippen molar-refractivity contribution in [3.63, 3.8) is 0 Å². The van der Waals surface area contributed by atoms with Gasteiger partial charge in [-0.25, -0.2) is 9.18 Å². The lowest BCUT2D eigenvalue weighted by Crippen LogP contribution is -2.37. The first-order valence-electron chi connectivity index (χ1n) is 5.13. The van der Waals surface area contributed by atoms with Crippen LogP contribution in [0.15, 0.2) is 22.7 Å². The summed E-state index contributed by atoms with van der Waals surface area (Å²) < 4.78 is 13.9. The van der Waals surface area contributed by atoms with Gasteiger partial charge in [0.15, 0.2) is 0 Å². The molecule has 0 aliphatic heterocycles. The highest BCUT2D eigenvalue weighted by Gasteiger charge is 2.12. The molecule has 0 bridgehead atoms. The Morgan fingerprint density at radius 3 is 2.78 bits per heavy atom. The number of carbonyl (C=O) groups is 2. The van der Waals surface area contributed by atoms with Crippen molar-refractivity contribution >= 4 is 33.6 Å². The molecule has 1 rings (SSSR count). The van der Waals surface area contributed by atoms with E-state index >= 15 is 0 Å². The molecule has 1 unspecified atom stereocenters. The van der Waals surface area contributed by atoms with Crippen molar-refractivity contribution in [2.75, 3.05) is 5.32 Å². The second-order valence-corrected chi connectivity index (χ2v) is 4.64. The van der Waals surface area contributed by atoms with E-state index in [1.165, 1.54) is 18.2 Å². The van der Waals surface area contributed by atoms with Gasteiger partial charge in [0.2, 0.25) is 0 Å². The zero-order valence-electron chi connectivity index (χ0n) is 9.54. The maximum atomic E-state index is 13.3. The van der Waals surface area contributed by atoms with Gasteiger partial charge in [0.25, 0.3) is 0 Å². The zero-order chi connectivity index (χ0) is 13.7. The van der Waals surface area contributed by atoms with E-state index in [1.807, 2.05) is 0 Å². The Labute approximate surface area is 112 Å². The topological polar surface area (TPSA) is 78.4 Å². The molecule has 0 aliphatic rings. The minimum absolute atomic E-state index is 0.0180. The maximum absolute atomic E-state index is 13.3. The summed E-state index contributed by atoms with van der Waals surface area (Å²) in [7, 11) is 0. The molecule has 18 heavy (non-hydrogen) atoms. The van der Waals surface area contributed by atoms with Crippen LogP contribution in [0.3, 0.4) is 0 Å². The zero-order valence-corrected chi connectivity index (χ0v) is 11.1. The second kappa shape index (κ2) is 6.34. The number of hydrogen-bond donors (Lipinski definition) is 3. The molecule has 98 valence electrons. The lowest BCUT2D eigenvalue weighted by Gasteiger charge is -2.13. The predicted octanol–water partition coefficient (Wildman–Crippen LogP) is 2.57. The van der Waals surface area contributed by atoms with E-state index < -0.39 is 23.9 Å². The number of carboxylic acids is 1. The summed E-state index contributed by atoms with van der Waals surface area (Å²) >= 11 is 3.15. The van der Waals surface area contributed by atoms with E-state index in [4.69, 9.17) is 5.11 Å². The summed E-state index contributed by atoms with van der Waals surface area (Å²) in [5.74, 6) is -1.59. The smallest absolute Gasteiger partial charge is 0.319 e. The number of urea groups is 1. The highest BCUT2D eigenvalue weighted by atomic mass is 79.9. The molecule has 1 aromatic rings. The molecule has 0 radical (unpaired) electrons. The van der Waals surface area contributed by atoms with Crippen molar-refractivity contribution in [2.45, 2.75) is 19.4 Å². The van der Waals surface area contributed by atoms with Gasteiger partial charge in [-0.1, -0.05) is 15.9 Å². The number of hydrogen-bond acceptors (Lipinski definition) is 2. The summed E-state index contributed by atoms with van der Waals surface area (Å²) in [5, 5.41) is 13.2. The first-order chi connectivity index (χ1) is 8.38. The Morgan fingerprint density at radius 2 is 2.17 bits per heavy atom. The molecule has 0 saturated carbocycles. The van der Waals surface area contributed by atoms with Gasteiger partial charge in [-0.3, -0.25) is 4.79 Å². The molecule has 0 spiro atoms. The second-order valence-electron chi connectivity index (χ2n) is 3.72. The van der Waals surface area contributed by atoms with E-state index in [0.29, 0.717) is 4.47 Å². The van der Waals surface area contributed by atoms with Crippen LogP contribution >= 0.6 is 15.9 Å². The number of nitrogens with one attached hydrogen (secondary N) is 2. The number of aliphatic carboxylic acids is 1. The molecule has 0 heterocycles. The Balaban J connectivity index is 2.59. The highest BCUT2D eigenvalue weighted by Crippen LogP contribution is 2.19. The molecule has 0 fully saturated rings. The molecule has 1 atom stereocenters. The minimum Gasteiger partial charge on any atom is -0.481 e. The molecule has 0 aliphatic carbocycles. The third kappa shape index (κ3) is 4.70. The lowest BCUT2D eigenvalue weighted by molar-refractivity contribution is -0.137. The van der Waals surface area contributed by atoms with Gasteiger partial charge >= 0.3 is 12.0 Å². The van der Waals surface area contributed by atoms with Crippen LogP contribution < -0.4 is 10.6 Å². The highest BCUT2D eigenvalue weighted by molar-refractivity contribution is 9.10. The molecule has 1 aromatic carbocycles. The van der Waals surface area contributed by atoms with Crippen LogP contribution in [0.5, 0.6) is 0 Å². The summed E-state index contributed by atoms with van der Waals surface area (Å²) in [6.07, 6.45) is -0.200. The van der Waals surface area contributed by atoms with Crippen molar-refractivity contribution in [3.8, 4) is 0 Å². The standard InChI is InChI=1S/C11H12BrFN2O3/c1-6(4-10(16)17)14-11(18)15-9-5-7(12)2-3-8(9)13/h2-3,5-6H,4H2,1H3,(H,16,17)(H2,14,15,18). The average Bonchev–Trinajstić information content (AvgIpc) is 2.21. The van der Waals surface area contributed by atoms with Crippen LogP contribution in [0.4, 0.5) is 14.9 Å². The quantitative estimate of drug-likeness (QED) is 0.798. The Kier molecular flexibility index (Phi) is 5.08. The molecule has 0 saturated heterocycles. The van der Waals surface area contributed by atoms with Crippen LogP contribution in [-0.2, 0) is 4.79 Å². The number of carboxylic acid groups (broad SMARTS) is 1. The van der Waals surface area contributed by atoms with Crippen molar-refractivity contribution in [1.29, 1.82) is 0 Å². The first-order valence-corrected chi connectivity index (χ1v) is 5.92. The van der Waals surface area contributed by atoms with E-state index in [2.05, 4.69) is 26.6 Å². The van der Waals surface area contributed by atoms with Gasteiger partial charge in [-0.2, -0.15) is 0 Å². The number of anilines is 1. The Hall–Kier alpha value is -1.63. The molecule has 0 aromatic heterocycles. The van der Waals surface area contributed by atoms with Crippen molar-refractivity contribution < 1.29 is 19.1 Å². The average molecular weight is 319 g/mol. The van der Waals surface area contributed by atoms with Crippen molar-refractivity contribution in [2.24, 2.45) is 0 Å².